The Morgan fingerprint density at radius 3 is 2.81 bits per heavy atom. The SMILES string of the molecule is COc1ccc(COC(=O)C2(CI)CS[C@@H]3C(NC=O)C(=O)N3C2)cc1. The van der Waals surface area contributed by atoms with Gasteiger partial charge >= 0.3 is 5.97 Å². The number of carbonyl (C=O) groups excluding carboxylic acids is 3. The van der Waals surface area contributed by atoms with Gasteiger partial charge in [-0.05, 0) is 17.7 Å². The fourth-order valence-corrected chi connectivity index (χ4v) is 5.74. The van der Waals surface area contributed by atoms with Gasteiger partial charge in [-0.2, -0.15) is 0 Å². The summed E-state index contributed by atoms with van der Waals surface area (Å²) in [6.07, 6.45) is 0.545. The zero-order chi connectivity index (χ0) is 18.7. The lowest BCUT2D eigenvalue weighted by Gasteiger charge is -2.53. The van der Waals surface area contributed by atoms with E-state index in [1.165, 1.54) is 11.8 Å². The van der Waals surface area contributed by atoms with Crippen molar-refractivity contribution >= 4 is 52.6 Å². The topological polar surface area (TPSA) is 84.9 Å². The lowest BCUT2D eigenvalue weighted by Crippen LogP contribution is -2.73. The van der Waals surface area contributed by atoms with Crippen LogP contribution >= 0.6 is 34.4 Å². The number of fused-ring (bicyclic) bond motifs is 1. The van der Waals surface area contributed by atoms with E-state index in [1.54, 1.807) is 12.0 Å². The van der Waals surface area contributed by atoms with Crippen molar-refractivity contribution in [3.63, 3.8) is 0 Å². The number of thioether (sulfide) groups is 1. The van der Waals surface area contributed by atoms with Crippen LogP contribution in [0.25, 0.3) is 0 Å². The fraction of sp³-hybridized carbons (Fsp3) is 0.471. The number of halogens is 1. The lowest BCUT2D eigenvalue weighted by molar-refractivity contribution is -0.161. The van der Waals surface area contributed by atoms with Crippen molar-refractivity contribution in [3.05, 3.63) is 29.8 Å². The molecule has 2 unspecified atom stereocenters. The molecular formula is C17H19IN2O5S. The molecule has 9 heteroatoms. The summed E-state index contributed by atoms with van der Waals surface area (Å²) in [6.45, 7) is 0.503. The van der Waals surface area contributed by atoms with Crippen molar-refractivity contribution in [2.45, 2.75) is 18.0 Å². The highest BCUT2D eigenvalue weighted by molar-refractivity contribution is 14.1. The van der Waals surface area contributed by atoms with E-state index in [2.05, 4.69) is 27.9 Å². The number of alkyl halides is 1. The molecule has 2 saturated heterocycles. The summed E-state index contributed by atoms with van der Waals surface area (Å²) in [5.74, 6) is 0.858. The molecule has 3 atom stereocenters. The van der Waals surface area contributed by atoms with Gasteiger partial charge in [-0.15, -0.1) is 11.8 Å². The number of methoxy groups -OCH3 is 1. The molecule has 2 fully saturated rings. The van der Waals surface area contributed by atoms with E-state index in [4.69, 9.17) is 9.47 Å². The van der Waals surface area contributed by atoms with E-state index >= 15 is 0 Å². The monoisotopic (exact) mass is 490 g/mol. The van der Waals surface area contributed by atoms with Gasteiger partial charge in [-0.1, -0.05) is 34.7 Å². The van der Waals surface area contributed by atoms with Crippen LogP contribution in [-0.4, -0.2) is 58.4 Å². The van der Waals surface area contributed by atoms with Gasteiger partial charge in [0.05, 0.1) is 7.11 Å². The van der Waals surface area contributed by atoms with Crippen LogP contribution in [0, 0.1) is 5.41 Å². The third-order valence-electron chi connectivity index (χ3n) is 4.61. The minimum Gasteiger partial charge on any atom is -0.497 e. The zero-order valence-electron chi connectivity index (χ0n) is 14.1. The molecule has 7 nitrogen and oxygen atoms in total. The van der Waals surface area contributed by atoms with E-state index in [0.29, 0.717) is 23.1 Å². The highest BCUT2D eigenvalue weighted by atomic mass is 127. The first-order chi connectivity index (χ1) is 12.5. The van der Waals surface area contributed by atoms with Crippen LogP contribution in [0.4, 0.5) is 0 Å². The number of β-lactam (4-membered cyclic amide) rings is 1. The van der Waals surface area contributed by atoms with E-state index < -0.39 is 11.5 Å². The second-order valence-electron chi connectivity index (χ2n) is 6.27. The van der Waals surface area contributed by atoms with Gasteiger partial charge < -0.3 is 19.7 Å². The molecule has 1 aromatic rings. The van der Waals surface area contributed by atoms with Crippen molar-refractivity contribution in [2.75, 3.05) is 23.8 Å². The van der Waals surface area contributed by atoms with Crippen LogP contribution in [0.1, 0.15) is 5.56 Å². The Kier molecular flexibility index (Phi) is 5.96. The Labute approximate surface area is 169 Å². The zero-order valence-corrected chi connectivity index (χ0v) is 17.1. The predicted molar refractivity (Wildman–Crippen MR) is 105 cm³/mol. The molecule has 0 saturated carbocycles. The van der Waals surface area contributed by atoms with Gasteiger partial charge in [0.2, 0.25) is 12.3 Å². The summed E-state index contributed by atoms with van der Waals surface area (Å²) in [7, 11) is 1.60. The minimum atomic E-state index is -0.726. The molecular weight excluding hydrogens is 471 g/mol. The number of ether oxygens (including phenoxy) is 2. The molecule has 3 rings (SSSR count). The molecule has 1 N–H and O–H groups in total. The molecule has 2 aliphatic rings. The molecule has 1 aromatic carbocycles. The van der Waals surface area contributed by atoms with E-state index in [0.717, 1.165) is 11.3 Å². The molecule has 0 radical (unpaired) electrons. The average Bonchev–Trinajstić information content (AvgIpc) is 2.69. The number of nitrogens with one attached hydrogen (secondary N) is 1. The summed E-state index contributed by atoms with van der Waals surface area (Å²) < 4.78 is 11.2. The number of hydrogen-bond acceptors (Lipinski definition) is 6. The maximum Gasteiger partial charge on any atom is 0.315 e. The molecule has 2 aliphatic heterocycles. The van der Waals surface area contributed by atoms with Crippen molar-refractivity contribution < 1.29 is 23.9 Å². The maximum absolute atomic E-state index is 12.8. The predicted octanol–water partition coefficient (Wildman–Crippen LogP) is 1.19. The summed E-state index contributed by atoms with van der Waals surface area (Å²) in [4.78, 5) is 37.2. The smallest absolute Gasteiger partial charge is 0.315 e. The first-order valence-electron chi connectivity index (χ1n) is 8.02. The molecule has 0 spiro atoms. The van der Waals surface area contributed by atoms with Crippen LogP contribution < -0.4 is 10.1 Å². The first-order valence-corrected chi connectivity index (χ1v) is 10.6. The summed E-state index contributed by atoms with van der Waals surface area (Å²) >= 11 is 3.68. The van der Waals surface area contributed by atoms with Gasteiger partial charge in [-0.3, -0.25) is 14.4 Å². The Balaban J connectivity index is 1.61. The van der Waals surface area contributed by atoms with Gasteiger partial charge in [0.15, 0.2) is 0 Å². The molecule has 26 heavy (non-hydrogen) atoms. The van der Waals surface area contributed by atoms with Gasteiger partial charge in [-0.25, -0.2) is 0 Å². The van der Waals surface area contributed by atoms with Crippen LogP contribution in [0.2, 0.25) is 0 Å². The van der Waals surface area contributed by atoms with Gasteiger partial charge in [0.25, 0.3) is 0 Å². The minimum absolute atomic E-state index is 0.0989. The largest absolute Gasteiger partial charge is 0.497 e. The second kappa shape index (κ2) is 8.03. The Hall–Kier alpha value is -1.49. The maximum atomic E-state index is 12.8. The Bertz CT molecular complexity index is 701. The fourth-order valence-electron chi connectivity index (χ4n) is 3.00. The van der Waals surface area contributed by atoms with E-state index in [1.807, 2.05) is 24.3 Å². The highest BCUT2D eigenvalue weighted by Crippen LogP contribution is 2.43. The van der Waals surface area contributed by atoms with Crippen LogP contribution in [0.15, 0.2) is 24.3 Å². The molecule has 2 amide bonds. The quantitative estimate of drug-likeness (QED) is 0.203. The molecule has 0 bridgehead atoms. The number of hydrogen-bond donors (Lipinski definition) is 1. The third kappa shape index (κ3) is 3.51. The number of esters is 1. The van der Waals surface area contributed by atoms with Crippen molar-refractivity contribution in [1.29, 1.82) is 0 Å². The lowest BCUT2D eigenvalue weighted by atomic mass is 9.89. The second-order valence-corrected chi connectivity index (χ2v) is 8.14. The van der Waals surface area contributed by atoms with Crippen molar-refractivity contribution in [2.24, 2.45) is 5.41 Å². The summed E-state index contributed by atoms with van der Waals surface area (Å²) in [5.41, 5.74) is 0.148. The van der Waals surface area contributed by atoms with Crippen molar-refractivity contribution in [3.8, 4) is 5.75 Å². The Morgan fingerprint density at radius 1 is 1.46 bits per heavy atom. The molecule has 0 aromatic heterocycles. The van der Waals surface area contributed by atoms with Gasteiger partial charge in [0, 0.05) is 16.7 Å². The standard InChI is InChI=1S/C17H19IN2O5S/c1-24-12-4-2-11(3-5-12)6-25-16(23)17(7-18)8-20-14(22)13(19-10-21)15(20)26-9-17/h2-5,10,13,15H,6-9H2,1H3,(H,19,21)/t13?,15-,17?/m1/s1. The van der Waals surface area contributed by atoms with Gasteiger partial charge in [0.1, 0.15) is 29.2 Å². The molecule has 140 valence electrons. The Morgan fingerprint density at radius 2 is 2.19 bits per heavy atom. The first kappa shape index (κ1) is 19.3. The van der Waals surface area contributed by atoms with Crippen LogP contribution in [-0.2, 0) is 25.7 Å². The number of amides is 2. The molecule has 2 heterocycles. The number of benzene rings is 1. The summed E-state index contributed by atoms with van der Waals surface area (Å²) in [6, 6.07) is 6.85. The van der Waals surface area contributed by atoms with Crippen LogP contribution in [0.3, 0.4) is 0 Å². The molecule has 0 aliphatic carbocycles. The van der Waals surface area contributed by atoms with E-state index in [-0.39, 0.29) is 23.9 Å². The third-order valence-corrected chi connectivity index (χ3v) is 7.66. The number of rotatable bonds is 7. The number of nitrogens with zero attached hydrogens (tertiary/aromatic N) is 1. The average molecular weight is 490 g/mol. The highest BCUT2D eigenvalue weighted by Gasteiger charge is 2.57. The van der Waals surface area contributed by atoms with Crippen molar-refractivity contribution in [1.82, 2.24) is 10.2 Å². The normalized spacial score (nSPS) is 27.2. The van der Waals surface area contributed by atoms with E-state index in [9.17, 15) is 14.4 Å². The number of carbonyl (C=O) groups is 3. The van der Waals surface area contributed by atoms with Crippen LogP contribution in [0.5, 0.6) is 5.75 Å². The summed E-state index contributed by atoms with van der Waals surface area (Å²) in [5, 5.41) is 2.44.